The van der Waals surface area contributed by atoms with Crippen molar-refractivity contribution in [1.29, 1.82) is 0 Å². The minimum Gasteiger partial charge on any atom is -0.480 e. The topological polar surface area (TPSA) is 75.6 Å². The van der Waals surface area contributed by atoms with Gasteiger partial charge in [-0.25, -0.2) is 4.79 Å². The van der Waals surface area contributed by atoms with E-state index in [-0.39, 0.29) is 22.6 Å². The van der Waals surface area contributed by atoms with E-state index in [9.17, 15) is 9.59 Å². The first-order valence-electron chi connectivity index (χ1n) is 6.42. The van der Waals surface area contributed by atoms with Crippen LogP contribution < -0.4 is 10.1 Å². The molecule has 0 aliphatic carbocycles. The number of nitrogens with one attached hydrogen (secondary N) is 1. The molecule has 0 atom stereocenters. The molecule has 1 amide bonds. The number of carboxylic acid groups (broad SMARTS) is 1. The average molecular weight is 300 g/mol. The number of rotatable bonds is 7. The highest BCUT2D eigenvalue weighted by Crippen LogP contribution is 2.28. The number of carbonyl (C=O) groups excluding carboxylic acids is 1. The smallest absolute Gasteiger partial charge is 0.341 e. The minimum absolute atomic E-state index is 0.0308. The van der Waals surface area contributed by atoms with Gasteiger partial charge in [-0.2, -0.15) is 0 Å². The maximum absolute atomic E-state index is 11.9. The van der Waals surface area contributed by atoms with Crippen LogP contribution in [0.25, 0.3) is 0 Å². The molecule has 0 aliphatic heterocycles. The van der Waals surface area contributed by atoms with Crippen LogP contribution >= 0.6 is 11.6 Å². The molecule has 0 saturated heterocycles. The van der Waals surface area contributed by atoms with E-state index >= 15 is 0 Å². The molecule has 110 valence electrons. The van der Waals surface area contributed by atoms with Gasteiger partial charge in [-0.3, -0.25) is 4.79 Å². The van der Waals surface area contributed by atoms with Gasteiger partial charge >= 0.3 is 5.97 Å². The highest BCUT2D eigenvalue weighted by Gasteiger charge is 2.14. The molecule has 0 radical (unpaired) electrons. The molecule has 0 aliphatic rings. The third-order valence-corrected chi connectivity index (χ3v) is 3.20. The van der Waals surface area contributed by atoms with Gasteiger partial charge in [0.05, 0.1) is 5.02 Å². The van der Waals surface area contributed by atoms with Gasteiger partial charge in [0.1, 0.15) is 5.75 Å². The maximum Gasteiger partial charge on any atom is 0.341 e. The Bertz CT molecular complexity index is 486. The summed E-state index contributed by atoms with van der Waals surface area (Å²) in [5.74, 6) is -0.885. The van der Waals surface area contributed by atoms with Crippen molar-refractivity contribution in [2.45, 2.75) is 26.7 Å². The van der Waals surface area contributed by atoms with Crippen LogP contribution in [0.3, 0.4) is 0 Å². The molecule has 0 saturated carbocycles. The van der Waals surface area contributed by atoms with E-state index in [0.29, 0.717) is 5.69 Å². The summed E-state index contributed by atoms with van der Waals surface area (Å²) in [6, 6.07) is 4.70. The Kier molecular flexibility index (Phi) is 6.31. The third kappa shape index (κ3) is 4.74. The summed E-state index contributed by atoms with van der Waals surface area (Å²) in [5, 5.41) is 11.6. The number of amides is 1. The highest BCUT2D eigenvalue weighted by molar-refractivity contribution is 6.32. The number of benzene rings is 1. The summed E-state index contributed by atoms with van der Waals surface area (Å²) >= 11 is 5.97. The van der Waals surface area contributed by atoms with Crippen LogP contribution in [0.15, 0.2) is 18.2 Å². The van der Waals surface area contributed by atoms with Gasteiger partial charge < -0.3 is 15.2 Å². The maximum atomic E-state index is 11.9. The third-order valence-electron chi connectivity index (χ3n) is 2.91. The zero-order chi connectivity index (χ0) is 15.1. The van der Waals surface area contributed by atoms with E-state index in [1.165, 1.54) is 6.07 Å². The zero-order valence-corrected chi connectivity index (χ0v) is 12.2. The van der Waals surface area contributed by atoms with Gasteiger partial charge in [-0.05, 0) is 31.0 Å². The Morgan fingerprint density at radius 1 is 1.35 bits per heavy atom. The Morgan fingerprint density at radius 2 is 2.00 bits per heavy atom. The molecule has 0 heterocycles. The Balaban J connectivity index is 2.72. The quantitative estimate of drug-likeness (QED) is 0.811. The second-order valence-electron chi connectivity index (χ2n) is 4.33. The van der Waals surface area contributed by atoms with Gasteiger partial charge in [0.15, 0.2) is 6.61 Å². The van der Waals surface area contributed by atoms with Crippen molar-refractivity contribution in [3.8, 4) is 5.75 Å². The summed E-state index contributed by atoms with van der Waals surface area (Å²) in [7, 11) is 0. The van der Waals surface area contributed by atoms with Crippen LogP contribution in [-0.4, -0.2) is 23.6 Å². The first-order chi connectivity index (χ1) is 9.47. The van der Waals surface area contributed by atoms with Crippen molar-refractivity contribution in [1.82, 2.24) is 0 Å². The molecule has 0 fully saturated rings. The highest BCUT2D eigenvalue weighted by atomic mass is 35.5. The van der Waals surface area contributed by atoms with Crippen molar-refractivity contribution in [2.75, 3.05) is 11.9 Å². The zero-order valence-electron chi connectivity index (χ0n) is 11.5. The Labute approximate surface area is 122 Å². The lowest BCUT2D eigenvalue weighted by Gasteiger charge is -2.13. The fourth-order valence-electron chi connectivity index (χ4n) is 1.74. The van der Waals surface area contributed by atoms with Gasteiger partial charge in [-0.1, -0.05) is 25.4 Å². The molecule has 0 spiro atoms. The summed E-state index contributed by atoms with van der Waals surface area (Å²) < 4.78 is 5.00. The molecule has 0 bridgehead atoms. The van der Waals surface area contributed by atoms with Crippen molar-refractivity contribution in [3.05, 3.63) is 23.2 Å². The van der Waals surface area contributed by atoms with Crippen LogP contribution in [0, 0.1) is 5.92 Å². The normalized spacial score (nSPS) is 10.4. The number of hydrogen-bond acceptors (Lipinski definition) is 3. The monoisotopic (exact) mass is 299 g/mol. The van der Waals surface area contributed by atoms with Gasteiger partial charge in [-0.15, -0.1) is 0 Å². The summed E-state index contributed by atoms with van der Waals surface area (Å²) in [5.41, 5.74) is 0.564. The van der Waals surface area contributed by atoms with E-state index in [0.717, 1.165) is 12.8 Å². The van der Waals surface area contributed by atoms with E-state index in [1.54, 1.807) is 12.1 Å². The van der Waals surface area contributed by atoms with E-state index in [4.69, 9.17) is 21.4 Å². The van der Waals surface area contributed by atoms with Crippen LogP contribution in [0.5, 0.6) is 5.75 Å². The summed E-state index contributed by atoms with van der Waals surface area (Å²) in [6.45, 7) is 3.46. The van der Waals surface area contributed by atoms with Crippen LogP contribution in [0.1, 0.15) is 26.7 Å². The Hall–Kier alpha value is -1.75. The molecule has 20 heavy (non-hydrogen) atoms. The second kappa shape index (κ2) is 7.75. The molecule has 2 N–H and O–H groups in total. The summed E-state index contributed by atoms with van der Waals surface area (Å²) in [4.78, 5) is 22.3. The molecule has 0 unspecified atom stereocenters. The average Bonchev–Trinajstić information content (AvgIpc) is 2.39. The second-order valence-corrected chi connectivity index (χ2v) is 4.74. The number of carbonyl (C=O) groups is 2. The van der Waals surface area contributed by atoms with E-state index in [2.05, 4.69) is 5.32 Å². The van der Waals surface area contributed by atoms with Crippen LogP contribution in [0.4, 0.5) is 5.69 Å². The number of carboxylic acids is 1. The lowest BCUT2D eigenvalue weighted by Crippen LogP contribution is -2.21. The molecule has 0 aromatic heterocycles. The van der Waals surface area contributed by atoms with E-state index in [1.807, 2.05) is 13.8 Å². The number of halogens is 1. The molecule has 1 aromatic carbocycles. The SMILES string of the molecule is CCC(CC)C(=O)Nc1ccc(OCC(=O)O)c(Cl)c1. The first kappa shape index (κ1) is 16.3. The van der Waals surface area contributed by atoms with Crippen molar-refractivity contribution >= 4 is 29.2 Å². The van der Waals surface area contributed by atoms with Gasteiger partial charge in [0, 0.05) is 11.6 Å². The van der Waals surface area contributed by atoms with Crippen molar-refractivity contribution in [2.24, 2.45) is 5.92 Å². The van der Waals surface area contributed by atoms with Crippen LogP contribution in [0.2, 0.25) is 5.02 Å². The Morgan fingerprint density at radius 3 is 2.50 bits per heavy atom. The fourth-order valence-corrected chi connectivity index (χ4v) is 1.97. The van der Waals surface area contributed by atoms with Crippen molar-refractivity contribution in [3.63, 3.8) is 0 Å². The predicted octanol–water partition coefficient (Wildman–Crippen LogP) is 3.18. The number of ether oxygens (including phenoxy) is 1. The standard InChI is InChI=1S/C14H18ClNO4/c1-3-9(4-2)14(19)16-10-5-6-12(11(15)7-10)20-8-13(17)18/h5-7,9H,3-4,8H2,1-2H3,(H,16,19)(H,17,18). The molecule has 6 heteroatoms. The summed E-state index contributed by atoms with van der Waals surface area (Å²) in [6.07, 6.45) is 1.55. The van der Waals surface area contributed by atoms with E-state index < -0.39 is 12.6 Å². The van der Waals surface area contributed by atoms with Crippen LogP contribution in [-0.2, 0) is 9.59 Å². The number of hydrogen-bond donors (Lipinski definition) is 2. The van der Waals surface area contributed by atoms with Gasteiger partial charge in [0.2, 0.25) is 5.91 Å². The number of aliphatic carboxylic acids is 1. The van der Waals surface area contributed by atoms with Gasteiger partial charge in [0.25, 0.3) is 0 Å². The molecular formula is C14H18ClNO4. The van der Waals surface area contributed by atoms with Crippen molar-refractivity contribution < 1.29 is 19.4 Å². The molecule has 1 aromatic rings. The number of anilines is 1. The predicted molar refractivity (Wildman–Crippen MR) is 77.3 cm³/mol. The molecule has 5 nitrogen and oxygen atoms in total. The molecular weight excluding hydrogens is 282 g/mol. The lowest BCUT2D eigenvalue weighted by atomic mass is 10.0. The largest absolute Gasteiger partial charge is 0.480 e. The fraction of sp³-hybridized carbons (Fsp3) is 0.429. The molecule has 1 rings (SSSR count). The minimum atomic E-state index is -1.08. The lowest BCUT2D eigenvalue weighted by molar-refractivity contribution is -0.139. The first-order valence-corrected chi connectivity index (χ1v) is 6.80.